The minimum Gasteiger partial charge on any atom is -0.460 e. The van der Waals surface area contributed by atoms with E-state index in [-0.39, 0.29) is 17.1 Å². The molecule has 0 bridgehead atoms. The van der Waals surface area contributed by atoms with Crippen molar-refractivity contribution in [3.8, 4) is 0 Å². The summed E-state index contributed by atoms with van der Waals surface area (Å²) in [6.45, 7) is 18.7. The lowest BCUT2D eigenvalue weighted by Gasteiger charge is -2.44. The summed E-state index contributed by atoms with van der Waals surface area (Å²) >= 11 is 0. The van der Waals surface area contributed by atoms with Crippen LogP contribution < -0.4 is 0 Å². The number of esters is 1. The summed E-state index contributed by atoms with van der Waals surface area (Å²) in [7, 11) is -2.15. The van der Waals surface area contributed by atoms with Gasteiger partial charge in [-0.2, -0.15) is 0 Å². The molecule has 31 heavy (non-hydrogen) atoms. The van der Waals surface area contributed by atoms with Crippen LogP contribution in [0.2, 0.25) is 18.1 Å². The smallest absolute Gasteiger partial charge is 0.311 e. The number of carbonyl (C=O) groups excluding carboxylic acids is 1. The van der Waals surface area contributed by atoms with E-state index in [1.165, 1.54) is 6.42 Å². The number of hydrogen-bond acceptors (Lipinski definition) is 6. The lowest BCUT2D eigenvalue weighted by molar-refractivity contribution is -0.225. The van der Waals surface area contributed by atoms with Gasteiger partial charge in [-0.1, -0.05) is 34.1 Å². The summed E-state index contributed by atoms with van der Waals surface area (Å²) in [6, 6.07) is 0. The van der Waals surface area contributed by atoms with Crippen molar-refractivity contribution in [2.45, 2.75) is 135 Å². The first-order valence-electron chi connectivity index (χ1n) is 12.1. The van der Waals surface area contributed by atoms with Crippen molar-refractivity contribution in [2.24, 2.45) is 11.8 Å². The number of hydrogen-bond donors (Lipinski definition) is 1. The summed E-state index contributed by atoms with van der Waals surface area (Å²) in [4.78, 5) is 12.9. The third-order valence-corrected chi connectivity index (χ3v) is 12.8. The topological polar surface area (TPSA) is 74.2 Å². The Labute approximate surface area is 189 Å². The van der Waals surface area contributed by atoms with Gasteiger partial charge < -0.3 is 23.7 Å². The fourth-order valence-electron chi connectivity index (χ4n) is 5.30. The first kappa shape index (κ1) is 25.2. The van der Waals surface area contributed by atoms with Crippen molar-refractivity contribution in [3.05, 3.63) is 0 Å². The summed E-state index contributed by atoms with van der Waals surface area (Å²) in [5.74, 6) is -1.93. The van der Waals surface area contributed by atoms with E-state index in [9.17, 15) is 9.90 Å². The summed E-state index contributed by atoms with van der Waals surface area (Å²) in [5.41, 5.74) is -1.01. The number of rotatable bonds is 2. The molecule has 6 nitrogen and oxygen atoms in total. The third kappa shape index (κ3) is 4.50. The van der Waals surface area contributed by atoms with Crippen molar-refractivity contribution in [1.82, 2.24) is 0 Å². The van der Waals surface area contributed by atoms with Gasteiger partial charge in [0.1, 0.15) is 11.7 Å². The van der Waals surface area contributed by atoms with E-state index in [0.717, 1.165) is 25.7 Å². The molecule has 1 saturated carbocycles. The maximum Gasteiger partial charge on any atom is 0.311 e. The second kappa shape index (κ2) is 8.39. The molecule has 0 aromatic rings. The van der Waals surface area contributed by atoms with E-state index in [2.05, 4.69) is 40.8 Å². The molecule has 180 valence electrons. The maximum absolute atomic E-state index is 12.9. The maximum atomic E-state index is 12.9. The first-order chi connectivity index (χ1) is 14.1. The molecule has 1 spiro atoms. The number of fused-ring (bicyclic) bond motifs is 1. The fourth-order valence-corrected chi connectivity index (χ4v) is 6.74. The molecule has 2 saturated heterocycles. The van der Waals surface area contributed by atoms with Gasteiger partial charge in [0, 0.05) is 18.8 Å². The van der Waals surface area contributed by atoms with Gasteiger partial charge in [0.25, 0.3) is 0 Å². The van der Waals surface area contributed by atoms with Crippen LogP contribution in [-0.2, 0) is 23.4 Å². The molecule has 0 radical (unpaired) electrons. The number of cyclic esters (lactones) is 1. The predicted molar refractivity (Wildman–Crippen MR) is 122 cm³/mol. The molecule has 0 aromatic carbocycles. The van der Waals surface area contributed by atoms with Crippen molar-refractivity contribution in [3.63, 3.8) is 0 Å². The molecule has 0 amide bonds. The lowest BCUT2D eigenvalue weighted by Crippen LogP contribution is -2.57. The zero-order chi connectivity index (χ0) is 23.4. The van der Waals surface area contributed by atoms with Gasteiger partial charge in [-0.05, 0) is 51.7 Å². The van der Waals surface area contributed by atoms with Gasteiger partial charge >= 0.3 is 5.97 Å². The van der Waals surface area contributed by atoms with Crippen LogP contribution in [0, 0.1) is 11.8 Å². The van der Waals surface area contributed by atoms with Gasteiger partial charge in [-0.15, -0.1) is 0 Å². The van der Waals surface area contributed by atoms with Crippen LogP contribution in [0.5, 0.6) is 0 Å². The van der Waals surface area contributed by atoms with Crippen molar-refractivity contribution < 1.29 is 28.5 Å². The Kier molecular flexibility index (Phi) is 6.81. The van der Waals surface area contributed by atoms with E-state index in [4.69, 9.17) is 18.6 Å². The number of aliphatic hydroxyl groups excluding tert-OH is 1. The Hall–Kier alpha value is -0.473. The van der Waals surface area contributed by atoms with E-state index in [0.29, 0.717) is 0 Å². The molecule has 1 N–H and O–H groups in total. The molecule has 3 fully saturated rings. The Bertz CT molecular complexity index is 667. The highest BCUT2D eigenvalue weighted by Crippen LogP contribution is 2.51. The van der Waals surface area contributed by atoms with Crippen molar-refractivity contribution in [2.75, 3.05) is 0 Å². The van der Waals surface area contributed by atoms with E-state index in [1.807, 2.05) is 13.8 Å². The Balaban J connectivity index is 2.03. The standard InChI is InChI=1S/C24H44O6Si/c1-15-18(29-31(8,9)22(4,5)6)17(3)27-21(26)16(2)19(25)23(7)20(15)28-24(30-23)13-11-10-12-14-24/h15-20,25H,10-14H2,1-9H3/t15-,16-,17+,18-,19+,20+,23+/m0/s1. The minimum absolute atomic E-state index is 0.0165. The first-order valence-corrected chi connectivity index (χ1v) is 15.0. The molecule has 3 aliphatic rings. The van der Waals surface area contributed by atoms with E-state index in [1.54, 1.807) is 6.92 Å². The Morgan fingerprint density at radius 3 is 2.23 bits per heavy atom. The van der Waals surface area contributed by atoms with Crippen LogP contribution in [0.15, 0.2) is 0 Å². The van der Waals surface area contributed by atoms with Crippen LogP contribution in [0.25, 0.3) is 0 Å². The zero-order valence-electron chi connectivity index (χ0n) is 21.0. The average Bonchev–Trinajstić information content (AvgIpc) is 2.96. The second-order valence-corrected chi connectivity index (χ2v) is 16.6. The quantitative estimate of drug-likeness (QED) is 0.476. The highest BCUT2D eigenvalue weighted by Gasteiger charge is 2.63. The van der Waals surface area contributed by atoms with Gasteiger partial charge in [0.2, 0.25) is 0 Å². The molecular formula is C24H44O6Si. The highest BCUT2D eigenvalue weighted by molar-refractivity contribution is 6.74. The second-order valence-electron chi connectivity index (χ2n) is 11.9. The van der Waals surface area contributed by atoms with Crippen molar-refractivity contribution in [1.29, 1.82) is 0 Å². The highest BCUT2D eigenvalue weighted by atomic mass is 28.4. The largest absolute Gasteiger partial charge is 0.460 e. The van der Waals surface area contributed by atoms with Crippen LogP contribution >= 0.6 is 0 Å². The molecular weight excluding hydrogens is 412 g/mol. The van der Waals surface area contributed by atoms with Crippen LogP contribution in [0.3, 0.4) is 0 Å². The molecule has 2 heterocycles. The number of ether oxygens (including phenoxy) is 3. The normalized spacial score (nSPS) is 41.8. The molecule has 7 heteroatoms. The number of carbonyl (C=O) groups is 1. The van der Waals surface area contributed by atoms with Crippen molar-refractivity contribution >= 4 is 14.3 Å². The Morgan fingerprint density at radius 2 is 1.68 bits per heavy atom. The summed E-state index contributed by atoms with van der Waals surface area (Å²) in [6.07, 6.45) is 2.71. The third-order valence-electron chi connectivity index (χ3n) is 8.36. The van der Waals surface area contributed by atoms with Crippen LogP contribution in [0.4, 0.5) is 0 Å². The van der Waals surface area contributed by atoms with Crippen LogP contribution in [0.1, 0.15) is 80.6 Å². The average molecular weight is 457 g/mol. The Morgan fingerprint density at radius 1 is 1.10 bits per heavy atom. The molecule has 2 aliphatic heterocycles. The molecule has 0 aromatic heterocycles. The van der Waals surface area contributed by atoms with E-state index >= 15 is 0 Å². The monoisotopic (exact) mass is 456 g/mol. The van der Waals surface area contributed by atoms with Gasteiger partial charge in [0.05, 0.1) is 24.2 Å². The van der Waals surface area contributed by atoms with Gasteiger partial charge in [-0.25, -0.2) is 0 Å². The summed E-state index contributed by atoms with van der Waals surface area (Å²) in [5, 5.41) is 11.4. The molecule has 0 unspecified atom stereocenters. The SMILES string of the molecule is C[C@H]1[C@H](O[Si](C)(C)C(C)(C)C)[C@@H](C)OC(=O)[C@@H](C)[C@@H](O)[C@@]2(C)OC3(CCCCC3)O[C@H]12. The van der Waals surface area contributed by atoms with Gasteiger partial charge in [0.15, 0.2) is 14.1 Å². The fraction of sp³-hybridized carbons (Fsp3) is 0.958. The minimum atomic E-state index is -2.15. The molecule has 3 rings (SSSR count). The van der Waals surface area contributed by atoms with Gasteiger partial charge in [-0.3, -0.25) is 4.79 Å². The lowest BCUT2D eigenvalue weighted by atomic mass is 9.78. The summed E-state index contributed by atoms with van der Waals surface area (Å²) < 4.78 is 26.0. The predicted octanol–water partition coefficient (Wildman–Crippen LogP) is 4.79. The molecule has 7 atom stereocenters. The molecule has 1 aliphatic carbocycles. The van der Waals surface area contributed by atoms with Crippen LogP contribution in [-0.4, -0.2) is 55.2 Å². The zero-order valence-corrected chi connectivity index (χ0v) is 22.0. The van der Waals surface area contributed by atoms with E-state index < -0.39 is 49.9 Å². The number of aliphatic hydroxyl groups is 1.